The molecule has 0 atom stereocenters. The van der Waals surface area contributed by atoms with E-state index in [1.165, 1.54) is 0 Å². The van der Waals surface area contributed by atoms with Crippen LogP contribution >= 0.6 is 11.6 Å². The number of nitrogen functional groups attached to an aromatic ring is 1. The molecular formula is C13H16ClN3O. The molecule has 5 heteroatoms. The standard InChI is InChI=1S/C13H16ClN3O/c1-8(2)18-10-6-4-9(5-7-10)11-12(14)17(3)13(15)16-11/h4-8H,1-3H3,(H2,15,16). The monoisotopic (exact) mass is 265 g/mol. The van der Waals surface area contributed by atoms with E-state index in [0.29, 0.717) is 16.8 Å². The minimum absolute atomic E-state index is 0.157. The van der Waals surface area contributed by atoms with Crippen LogP contribution in [0.15, 0.2) is 24.3 Å². The first-order valence-electron chi connectivity index (χ1n) is 5.74. The first-order valence-corrected chi connectivity index (χ1v) is 6.11. The third kappa shape index (κ3) is 2.43. The van der Waals surface area contributed by atoms with Gasteiger partial charge in [-0.25, -0.2) is 4.98 Å². The normalized spacial score (nSPS) is 10.9. The fraction of sp³-hybridized carbons (Fsp3) is 0.308. The lowest BCUT2D eigenvalue weighted by atomic mass is 10.1. The molecule has 0 amide bonds. The molecule has 1 heterocycles. The van der Waals surface area contributed by atoms with Gasteiger partial charge in [-0.15, -0.1) is 0 Å². The fourth-order valence-corrected chi connectivity index (χ4v) is 1.88. The summed E-state index contributed by atoms with van der Waals surface area (Å²) in [6, 6.07) is 7.64. The lowest BCUT2D eigenvalue weighted by Gasteiger charge is -2.09. The van der Waals surface area contributed by atoms with E-state index in [1.54, 1.807) is 11.6 Å². The van der Waals surface area contributed by atoms with E-state index >= 15 is 0 Å². The molecule has 2 aromatic rings. The molecule has 0 aliphatic carbocycles. The molecule has 0 saturated heterocycles. The predicted molar refractivity (Wildman–Crippen MR) is 73.8 cm³/mol. The van der Waals surface area contributed by atoms with Gasteiger partial charge in [0.05, 0.1) is 6.10 Å². The van der Waals surface area contributed by atoms with E-state index in [1.807, 2.05) is 38.1 Å². The summed E-state index contributed by atoms with van der Waals surface area (Å²) in [4.78, 5) is 4.24. The van der Waals surface area contributed by atoms with Gasteiger partial charge in [-0.2, -0.15) is 0 Å². The van der Waals surface area contributed by atoms with Crippen molar-refractivity contribution in [1.82, 2.24) is 9.55 Å². The fourth-order valence-electron chi connectivity index (χ4n) is 1.64. The van der Waals surface area contributed by atoms with E-state index in [-0.39, 0.29) is 6.10 Å². The Labute approximate surface area is 111 Å². The Bertz CT molecular complexity index is 546. The second-order valence-electron chi connectivity index (χ2n) is 4.36. The largest absolute Gasteiger partial charge is 0.491 e. The molecule has 1 aromatic heterocycles. The van der Waals surface area contributed by atoms with Crippen LogP contribution in [0.4, 0.5) is 5.95 Å². The van der Waals surface area contributed by atoms with Crippen LogP contribution in [0.25, 0.3) is 11.3 Å². The van der Waals surface area contributed by atoms with E-state index < -0.39 is 0 Å². The maximum Gasteiger partial charge on any atom is 0.201 e. The molecule has 18 heavy (non-hydrogen) atoms. The lowest BCUT2D eigenvalue weighted by Crippen LogP contribution is -2.05. The van der Waals surface area contributed by atoms with Gasteiger partial charge in [-0.1, -0.05) is 11.6 Å². The number of rotatable bonds is 3. The smallest absolute Gasteiger partial charge is 0.201 e. The summed E-state index contributed by atoms with van der Waals surface area (Å²) >= 11 is 6.16. The van der Waals surface area contributed by atoms with Gasteiger partial charge in [0.1, 0.15) is 16.6 Å². The Hall–Kier alpha value is -1.68. The van der Waals surface area contributed by atoms with Gasteiger partial charge in [0.2, 0.25) is 5.95 Å². The number of ether oxygens (including phenoxy) is 1. The van der Waals surface area contributed by atoms with Gasteiger partial charge in [-0.3, -0.25) is 0 Å². The first-order chi connectivity index (χ1) is 8.49. The number of hydrogen-bond donors (Lipinski definition) is 1. The van der Waals surface area contributed by atoms with Crippen LogP contribution in [0.1, 0.15) is 13.8 Å². The number of nitrogens with zero attached hydrogens (tertiary/aromatic N) is 2. The van der Waals surface area contributed by atoms with Crippen LogP contribution < -0.4 is 10.5 Å². The quantitative estimate of drug-likeness (QED) is 0.928. The molecule has 0 fully saturated rings. The van der Waals surface area contributed by atoms with Gasteiger partial charge in [0, 0.05) is 12.6 Å². The molecule has 0 spiro atoms. The van der Waals surface area contributed by atoms with Crippen LogP contribution in [-0.2, 0) is 7.05 Å². The zero-order chi connectivity index (χ0) is 13.3. The van der Waals surface area contributed by atoms with Crippen molar-refractivity contribution in [2.75, 3.05) is 5.73 Å². The molecule has 2 rings (SSSR count). The lowest BCUT2D eigenvalue weighted by molar-refractivity contribution is 0.242. The minimum Gasteiger partial charge on any atom is -0.491 e. The zero-order valence-corrected chi connectivity index (χ0v) is 11.4. The third-order valence-electron chi connectivity index (χ3n) is 2.56. The molecule has 0 unspecified atom stereocenters. The van der Waals surface area contributed by atoms with Gasteiger partial charge < -0.3 is 15.0 Å². The minimum atomic E-state index is 0.157. The van der Waals surface area contributed by atoms with Crippen molar-refractivity contribution in [2.45, 2.75) is 20.0 Å². The summed E-state index contributed by atoms with van der Waals surface area (Å²) in [5, 5.41) is 0.532. The van der Waals surface area contributed by atoms with E-state index in [2.05, 4.69) is 4.98 Å². The summed E-state index contributed by atoms with van der Waals surface area (Å²) < 4.78 is 7.23. The summed E-state index contributed by atoms with van der Waals surface area (Å²) in [6.45, 7) is 3.98. The highest BCUT2D eigenvalue weighted by Crippen LogP contribution is 2.29. The van der Waals surface area contributed by atoms with Gasteiger partial charge in [-0.05, 0) is 38.1 Å². The van der Waals surface area contributed by atoms with E-state index in [9.17, 15) is 0 Å². The van der Waals surface area contributed by atoms with Crippen LogP contribution in [0.5, 0.6) is 5.75 Å². The summed E-state index contributed by atoms with van der Waals surface area (Å²) in [7, 11) is 1.78. The van der Waals surface area contributed by atoms with E-state index in [0.717, 1.165) is 11.3 Å². The highest BCUT2D eigenvalue weighted by molar-refractivity contribution is 6.32. The summed E-state index contributed by atoms with van der Waals surface area (Å²) in [5.41, 5.74) is 7.32. The number of nitrogens with two attached hydrogens (primary N) is 1. The molecule has 2 N–H and O–H groups in total. The van der Waals surface area contributed by atoms with Crippen LogP contribution in [0.3, 0.4) is 0 Å². The second kappa shape index (κ2) is 4.90. The van der Waals surface area contributed by atoms with Crippen molar-refractivity contribution in [1.29, 1.82) is 0 Å². The van der Waals surface area contributed by atoms with Crippen molar-refractivity contribution in [3.05, 3.63) is 29.4 Å². The van der Waals surface area contributed by atoms with Crippen LogP contribution in [0.2, 0.25) is 5.15 Å². The molecule has 0 aliphatic heterocycles. The van der Waals surface area contributed by atoms with Crippen LogP contribution in [0, 0.1) is 0 Å². The van der Waals surface area contributed by atoms with Crippen molar-refractivity contribution >= 4 is 17.5 Å². The number of aromatic nitrogens is 2. The first kappa shape index (κ1) is 12.8. The third-order valence-corrected chi connectivity index (χ3v) is 2.99. The zero-order valence-electron chi connectivity index (χ0n) is 10.6. The van der Waals surface area contributed by atoms with Gasteiger partial charge in [0.25, 0.3) is 0 Å². The second-order valence-corrected chi connectivity index (χ2v) is 4.72. The maximum absolute atomic E-state index is 6.16. The Morgan fingerprint density at radius 2 is 1.89 bits per heavy atom. The number of hydrogen-bond acceptors (Lipinski definition) is 3. The Balaban J connectivity index is 2.31. The Kier molecular flexibility index (Phi) is 3.48. The topological polar surface area (TPSA) is 53.1 Å². The highest BCUT2D eigenvalue weighted by Gasteiger charge is 2.12. The molecular weight excluding hydrogens is 250 g/mol. The molecule has 0 bridgehead atoms. The predicted octanol–water partition coefficient (Wildman–Crippen LogP) is 3.11. The van der Waals surface area contributed by atoms with Gasteiger partial charge >= 0.3 is 0 Å². The molecule has 0 saturated carbocycles. The SMILES string of the molecule is CC(C)Oc1ccc(-c2nc(N)n(C)c2Cl)cc1. The summed E-state index contributed by atoms with van der Waals surface area (Å²) in [5.74, 6) is 1.23. The van der Waals surface area contributed by atoms with Crippen molar-refractivity contribution in [2.24, 2.45) is 7.05 Å². The molecule has 0 aliphatic rings. The maximum atomic E-state index is 6.16. The Morgan fingerprint density at radius 3 is 2.33 bits per heavy atom. The highest BCUT2D eigenvalue weighted by atomic mass is 35.5. The molecule has 1 aromatic carbocycles. The number of benzene rings is 1. The summed E-state index contributed by atoms with van der Waals surface area (Å²) in [6.07, 6.45) is 0.157. The average Bonchev–Trinajstić information content (AvgIpc) is 2.57. The molecule has 96 valence electrons. The Morgan fingerprint density at radius 1 is 1.28 bits per heavy atom. The molecule has 4 nitrogen and oxygen atoms in total. The van der Waals surface area contributed by atoms with Crippen molar-refractivity contribution < 1.29 is 4.74 Å². The van der Waals surface area contributed by atoms with Crippen LogP contribution in [-0.4, -0.2) is 15.7 Å². The van der Waals surface area contributed by atoms with E-state index in [4.69, 9.17) is 22.1 Å². The number of halogens is 1. The van der Waals surface area contributed by atoms with Gasteiger partial charge in [0.15, 0.2) is 0 Å². The average molecular weight is 266 g/mol. The number of imidazole rings is 1. The molecule has 0 radical (unpaired) electrons. The van der Waals surface area contributed by atoms with Crippen molar-refractivity contribution in [3.8, 4) is 17.0 Å². The van der Waals surface area contributed by atoms with Crippen molar-refractivity contribution in [3.63, 3.8) is 0 Å². The number of anilines is 1.